The number of fused-ring (bicyclic) bond motifs is 3. The summed E-state index contributed by atoms with van der Waals surface area (Å²) in [6, 6.07) is 11.5. The molecule has 1 amide bonds. The van der Waals surface area contributed by atoms with Gasteiger partial charge in [-0.2, -0.15) is 14.4 Å². The number of sulfonamides is 1. The van der Waals surface area contributed by atoms with Gasteiger partial charge in [0.1, 0.15) is 23.4 Å². The van der Waals surface area contributed by atoms with Crippen LogP contribution in [0.5, 0.6) is 0 Å². The third-order valence-corrected chi connectivity index (χ3v) is 12.1. The van der Waals surface area contributed by atoms with E-state index in [0.29, 0.717) is 159 Å². The van der Waals surface area contributed by atoms with Gasteiger partial charge in [-0.3, -0.25) is 4.79 Å². The molecule has 0 radical (unpaired) electrons. The van der Waals surface area contributed by atoms with Crippen molar-refractivity contribution in [2.75, 3.05) is 143 Å². The molecule has 0 spiro atoms. The first-order valence-electron chi connectivity index (χ1n) is 22.0. The van der Waals surface area contributed by atoms with Crippen LogP contribution < -0.4 is 22.5 Å². The van der Waals surface area contributed by atoms with Crippen LogP contribution in [-0.4, -0.2) is 174 Å². The molecule has 66 heavy (non-hydrogen) atoms. The summed E-state index contributed by atoms with van der Waals surface area (Å²) < 4.78 is 78.7. The molecule has 362 valence electrons. The Bertz CT molecular complexity index is 2370. The van der Waals surface area contributed by atoms with Gasteiger partial charge in [0.25, 0.3) is 6.01 Å². The number of nitrogens with two attached hydrogens (primary N) is 3. The second-order valence-corrected chi connectivity index (χ2v) is 17.1. The first kappa shape index (κ1) is 50.5. The summed E-state index contributed by atoms with van der Waals surface area (Å²) in [6.45, 7) is 8.53. The molecule has 5 aromatic rings. The number of oxazole rings is 1. The lowest BCUT2D eigenvalue weighted by Gasteiger charge is -2.28. The Kier molecular flexibility index (Phi) is 20.7. The van der Waals surface area contributed by atoms with Crippen LogP contribution in [0.4, 0.5) is 11.8 Å². The Morgan fingerprint density at radius 2 is 1.35 bits per heavy atom. The second-order valence-electron chi connectivity index (χ2n) is 15.0. The molecule has 1 aliphatic heterocycles. The molecule has 2 aromatic carbocycles. The third-order valence-electron chi connectivity index (χ3n) is 10.2. The molecule has 0 unspecified atom stereocenters. The maximum Gasteiger partial charge on any atom is 0.292 e. The maximum atomic E-state index is 13.3. The standard InChI is InChI=1S/C43H62N10O12S/c44-7-11-58-13-15-60-17-19-62-21-23-64-25-24-63-22-20-61-18-16-59-14-12-57-10-6-38(54)47-8-26-66(55,56)52-9-5-33-27-32(1-2-35(33)30-52)29-53-42-39(41(45)48-31-49-42)40(51-53)34-3-4-37-36(28-34)50-43(46)65-37/h1-4,27-28,31H,5-26,29-30,44H2,(H2,46,50)(H,47,54)(H2,45,48,49). The molecular weight excluding hydrogens is 881 g/mol. The summed E-state index contributed by atoms with van der Waals surface area (Å²) in [4.78, 5) is 25.3. The van der Waals surface area contributed by atoms with E-state index in [1.807, 2.05) is 24.3 Å². The maximum absolute atomic E-state index is 13.3. The number of hydrogen-bond donors (Lipinski definition) is 4. The van der Waals surface area contributed by atoms with Crippen molar-refractivity contribution in [1.29, 1.82) is 0 Å². The largest absolute Gasteiger partial charge is 0.424 e. The Morgan fingerprint density at radius 3 is 1.97 bits per heavy atom. The SMILES string of the molecule is NCCOCCOCCOCCOCCOCCOCCOCCOCCC(=O)NCCS(=O)(=O)N1CCc2cc(Cn3nc(-c4ccc5oc(N)nc5c4)c4c(N)ncnc43)ccc2C1. The summed E-state index contributed by atoms with van der Waals surface area (Å²) in [5.74, 6) is -0.194. The zero-order chi connectivity index (χ0) is 46.4. The van der Waals surface area contributed by atoms with Crippen molar-refractivity contribution < 1.29 is 55.5 Å². The molecule has 22 nitrogen and oxygen atoms in total. The molecule has 0 aliphatic carbocycles. The van der Waals surface area contributed by atoms with Gasteiger partial charge in [0.15, 0.2) is 11.2 Å². The van der Waals surface area contributed by atoms with E-state index in [4.69, 9.17) is 64.6 Å². The van der Waals surface area contributed by atoms with Crippen molar-refractivity contribution in [3.8, 4) is 11.3 Å². The number of benzene rings is 2. The van der Waals surface area contributed by atoms with E-state index in [2.05, 4.69) is 26.3 Å². The number of nitrogen functional groups attached to an aromatic ring is 2. The predicted molar refractivity (Wildman–Crippen MR) is 244 cm³/mol. The van der Waals surface area contributed by atoms with Crippen LogP contribution in [0, 0.1) is 0 Å². The summed E-state index contributed by atoms with van der Waals surface area (Å²) in [5, 5.41) is 8.20. The van der Waals surface area contributed by atoms with Gasteiger partial charge in [0.05, 0.1) is 123 Å². The molecule has 7 N–H and O–H groups in total. The quantitative estimate of drug-likeness (QED) is 0.0429. The van der Waals surface area contributed by atoms with Gasteiger partial charge < -0.3 is 64.8 Å². The van der Waals surface area contributed by atoms with E-state index in [1.54, 1.807) is 10.7 Å². The summed E-state index contributed by atoms with van der Waals surface area (Å²) >= 11 is 0. The minimum atomic E-state index is -3.62. The molecule has 0 atom stereocenters. The van der Waals surface area contributed by atoms with Crippen molar-refractivity contribution in [3.05, 3.63) is 59.4 Å². The van der Waals surface area contributed by atoms with Gasteiger partial charge in [0, 0.05) is 38.2 Å². The third kappa shape index (κ3) is 15.9. The van der Waals surface area contributed by atoms with Crippen molar-refractivity contribution in [1.82, 2.24) is 34.4 Å². The summed E-state index contributed by atoms with van der Waals surface area (Å²) in [7, 11) is -3.62. The van der Waals surface area contributed by atoms with Gasteiger partial charge in [-0.05, 0) is 41.3 Å². The first-order chi connectivity index (χ1) is 32.2. The molecule has 23 heteroatoms. The fraction of sp³-hybridized carbons (Fsp3) is 0.558. The number of anilines is 2. The summed E-state index contributed by atoms with van der Waals surface area (Å²) in [5.41, 5.74) is 23.5. The molecule has 3 aromatic heterocycles. The van der Waals surface area contributed by atoms with Crippen LogP contribution in [0.15, 0.2) is 47.1 Å². The van der Waals surface area contributed by atoms with Crippen molar-refractivity contribution in [2.45, 2.75) is 25.9 Å². The van der Waals surface area contributed by atoms with Crippen LogP contribution in [0.25, 0.3) is 33.4 Å². The highest BCUT2D eigenvalue weighted by atomic mass is 32.2. The van der Waals surface area contributed by atoms with Crippen LogP contribution in [0.1, 0.15) is 23.1 Å². The van der Waals surface area contributed by atoms with E-state index in [1.165, 1.54) is 10.6 Å². The number of ether oxygens (including phenoxy) is 8. The molecule has 0 saturated heterocycles. The summed E-state index contributed by atoms with van der Waals surface area (Å²) in [6.07, 6.45) is 2.05. The van der Waals surface area contributed by atoms with Crippen molar-refractivity contribution in [2.24, 2.45) is 5.73 Å². The van der Waals surface area contributed by atoms with Crippen molar-refractivity contribution in [3.63, 3.8) is 0 Å². The molecule has 0 fully saturated rings. The number of carbonyl (C=O) groups is 1. The smallest absolute Gasteiger partial charge is 0.292 e. The lowest BCUT2D eigenvalue weighted by Crippen LogP contribution is -2.40. The monoisotopic (exact) mass is 942 g/mol. The van der Waals surface area contributed by atoms with E-state index in [-0.39, 0.29) is 43.8 Å². The Labute approximate surface area is 383 Å². The Balaban J connectivity index is 0.778. The average Bonchev–Trinajstić information content (AvgIpc) is 3.88. The average molecular weight is 943 g/mol. The molecule has 6 rings (SSSR count). The van der Waals surface area contributed by atoms with E-state index in [0.717, 1.165) is 22.3 Å². The molecule has 0 saturated carbocycles. The van der Waals surface area contributed by atoms with E-state index < -0.39 is 10.0 Å². The van der Waals surface area contributed by atoms with Crippen molar-refractivity contribution >= 4 is 49.9 Å². The van der Waals surface area contributed by atoms with Gasteiger partial charge >= 0.3 is 0 Å². The highest BCUT2D eigenvalue weighted by molar-refractivity contribution is 7.89. The fourth-order valence-electron chi connectivity index (χ4n) is 6.95. The number of amides is 1. The number of aromatic nitrogens is 5. The lowest BCUT2D eigenvalue weighted by atomic mass is 9.98. The van der Waals surface area contributed by atoms with Gasteiger partial charge in [-0.15, -0.1) is 0 Å². The van der Waals surface area contributed by atoms with E-state index >= 15 is 0 Å². The lowest BCUT2D eigenvalue weighted by molar-refractivity contribution is -0.122. The second kappa shape index (κ2) is 27.0. The molecule has 1 aliphatic rings. The first-order valence-corrected chi connectivity index (χ1v) is 23.6. The van der Waals surface area contributed by atoms with Crippen LogP contribution in [0.3, 0.4) is 0 Å². The Hall–Kier alpha value is -4.92. The van der Waals surface area contributed by atoms with Crippen LogP contribution in [-0.2, 0) is 72.2 Å². The Morgan fingerprint density at radius 1 is 0.742 bits per heavy atom. The topological polar surface area (TPSA) is 288 Å². The van der Waals surface area contributed by atoms with E-state index in [9.17, 15) is 13.2 Å². The molecular formula is C43H62N10O12S. The minimum Gasteiger partial charge on any atom is -0.424 e. The number of carbonyl (C=O) groups excluding carboxylic acids is 1. The number of rotatable bonds is 33. The van der Waals surface area contributed by atoms with Crippen LogP contribution >= 0.6 is 0 Å². The highest BCUT2D eigenvalue weighted by Gasteiger charge is 2.27. The zero-order valence-corrected chi connectivity index (χ0v) is 38.1. The van der Waals surface area contributed by atoms with Gasteiger partial charge in [-0.1, -0.05) is 18.2 Å². The normalized spacial score (nSPS) is 13.2. The van der Waals surface area contributed by atoms with Gasteiger partial charge in [-0.25, -0.2) is 23.1 Å². The number of hydrogen-bond acceptors (Lipinski definition) is 19. The number of nitrogens with one attached hydrogen (secondary N) is 1. The minimum absolute atomic E-state index is 0.000140. The predicted octanol–water partition coefficient (Wildman–Crippen LogP) is 1.13. The van der Waals surface area contributed by atoms with Crippen LogP contribution in [0.2, 0.25) is 0 Å². The highest BCUT2D eigenvalue weighted by Crippen LogP contribution is 2.33. The molecule has 4 heterocycles. The zero-order valence-electron chi connectivity index (χ0n) is 37.2. The molecule has 0 bridgehead atoms. The fourth-order valence-corrected chi connectivity index (χ4v) is 8.27. The van der Waals surface area contributed by atoms with Gasteiger partial charge in [0.2, 0.25) is 15.9 Å². The number of nitrogens with zero attached hydrogens (tertiary/aromatic N) is 6.